The molecule has 0 radical (unpaired) electrons. The minimum Gasteiger partial charge on any atom is -0.382 e. The molecule has 0 aromatic rings. The SMILES string of the molecule is COCCOC1C(N)CC1OCCC(C)C. The van der Waals surface area contributed by atoms with Crippen LogP contribution in [0.5, 0.6) is 0 Å². The van der Waals surface area contributed by atoms with E-state index in [-0.39, 0.29) is 18.2 Å². The molecule has 0 spiro atoms. The molecule has 0 aromatic heterocycles. The van der Waals surface area contributed by atoms with Crippen LogP contribution in [-0.2, 0) is 14.2 Å². The van der Waals surface area contributed by atoms with Crippen LogP contribution >= 0.6 is 0 Å². The van der Waals surface area contributed by atoms with Gasteiger partial charge < -0.3 is 19.9 Å². The summed E-state index contributed by atoms with van der Waals surface area (Å²) in [4.78, 5) is 0. The first-order chi connectivity index (χ1) is 7.65. The van der Waals surface area contributed by atoms with Gasteiger partial charge in [0.15, 0.2) is 0 Å². The van der Waals surface area contributed by atoms with Crippen LogP contribution in [0.3, 0.4) is 0 Å². The standard InChI is InChI=1S/C12H25NO3/c1-9(2)4-5-15-11-8-10(13)12(11)16-7-6-14-3/h9-12H,4-8,13H2,1-3H3. The van der Waals surface area contributed by atoms with E-state index >= 15 is 0 Å². The number of hydrogen-bond donors (Lipinski definition) is 1. The first-order valence-corrected chi connectivity index (χ1v) is 6.13. The smallest absolute Gasteiger partial charge is 0.0989 e. The third kappa shape index (κ3) is 4.37. The molecule has 1 rings (SSSR count). The van der Waals surface area contributed by atoms with Gasteiger partial charge in [-0.3, -0.25) is 0 Å². The van der Waals surface area contributed by atoms with Gasteiger partial charge in [0.05, 0.1) is 25.4 Å². The molecule has 1 saturated carbocycles. The zero-order chi connectivity index (χ0) is 12.0. The molecule has 1 aliphatic carbocycles. The van der Waals surface area contributed by atoms with Crippen molar-refractivity contribution >= 4 is 0 Å². The van der Waals surface area contributed by atoms with Gasteiger partial charge in [0.2, 0.25) is 0 Å². The normalized spacial score (nSPS) is 29.4. The fourth-order valence-electron chi connectivity index (χ4n) is 1.73. The Hall–Kier alpha value is -0.160. The van der Waals surface area contributed by atoms with Gasteiger partial charge in [-0.2, -0.15) is 0 Å². The van der Waals surface area contributed by atoms with Crippen molar-refractivity contribution in [3.63, 3.8) is 0 Å². The van der Waals surface area contributed by atoms with E-state index in [1.807, 2.05) is 0 Å². The summed E-state index contributed by atoms with van der Waals surface area (Å²) < 4.78 is 16.3. The van der Waals surface area contributed by atoms with Crippen molar-refractivity contribution in [2.75, 3.05) is 26.9 Å². The second-order valence-electron chi connectivity index (χ2n) is 4.82. The van der Waals surface area contributed by atoms with Crippen LogP contribution in [0.15, 0.2) is 0 Å². The Morgan fingerprint density at radius 3 is 2.50 bits per heavy atom. The van der Waals surface area contributed by atoms with E-state index in [1.165, 1.54) is 0 Å². The molecule has 0 amide bonds. The maximum Gasteiger partial charge on any atom is 0.0989 e. The highest BCUT2D eigenvalue weighted by Gasteiger charge is 2.40. The highest BCUT2D eigenvalue weighted by atomic mass is 16.6. The number of methoxy groups -OCH3 is 1. The average molecular weight is 231 g/mol. The molecule has 1 fully saturated rings. The number of rotatable bonds is 8. The van der Waals surface area contributed by atoms with E-state index in [2.05, 4.69) is 13.8 Å². The number of hydrogen-bond acceptors (Lipinski definition) is 4. The summed E-state index contributed by atoms with van der Waals surface area (Å²) in [6, 6.07) is 0.126. The van der Waals surface area contributed by atoms with Gasteiger partial charge in [0.1, 0.15) is 0 Å². The van der Waals surface area contributed by atoms with Crippen molar-refractivity contribution in [2.45, 2.75) is 44.9 Å². The van der Waals surface area contributed by atoms with Gasteiger partial charge in [-0.25, -0.2) is 0 Å². The molecule has 3 atom stereocenters. The highest BCUT2D eigenvalue weighted by Crippen LogP contribution is 2.26. The summed E-state index contributed by atoms with van der Waals surface area (Å²) in [5.41, 5.74) is 5.88. The molecule has 1 aliphatic rings. The van der Waals surface area contributed by atoms with Crippen LogP contribution < -0.4 is 5.73 Å². The zero-order valence-electron chi connectivity index (χ0n) is 10.6. The van der Waals surface area contributed by atoms with E-state index in [1.54, 1.807) is 7.11 Å². The Balaban J connectivity index is 2.11. The molecular weight excluding hydrogens is 206 g/mol. The third-order valence-corrected chi connectivity index (χ3v) is 2.92. The van der Waals surface area contributed by atoms with E-state index in [9.17, 15) is 0 Å². The highest BCUT2D eigenvalue weighted by molar-refractivity contribution is 4.95. The Labute approximate surface area is 98.4 Å². The maximum atomic E-state index is 5.88. The van der Waals surface area contributed by atoms with Crippen LogP contribution in [-0.4, -0.2) is 45.2 Å². The van der Waals surface area contributed by atoms with E-state index < -0.39 is 0 Å². The van der Waals surface area contributed by atoms with Gasteiger partial charge in [-0.15, -0.1) is 0 Å². The Morgan fingerprint density at radius 2 is 1.94 bits per heavy atom. The average Bonchev–Trinajstić information content (AvgIpc) is 2.22. The molecule has 16 heavy (non-hydrogen) atoms. The van der Waals surface area contributed by atoms with E-state index in [4.69, 9.17) is 19.9 Å². The van der Waals surface area contributed by atoms with E-state index in [0.717, 1.165) is 19.4 Å². The van der Waals surface area contributed by atoms with Crippen molar-refractivity contribution in [3.05, 3.63) is 0 Å². The van der Waals surface area contributed by atoms with Crippen molar-refractivity contribution in [1.29, 1.82) is 0 Å². The summed E-state index contributed by atoms with van der Waals surface area (Å²) in [5, 5.41) is 0. The van der Waals surface area contributed by atoms with Gasteiger partial charge >= 0.3 is 0 Å². The van der Waals surface area contributed by atoms with Gasteiger partial charge in [0, 0.05) is 19.8 Å². The minimum atomic E-state index is 0.0577. The van der Waals surface area contributed by atoms with Crippen LogP contribution in [0.1, 0.15) is 26.7 Å². The maximum absolute atomic E-state index is 5.88. The van der Waals surface area contributed by atoms with Gasteiger partial charge in [0.25, 0.3) is 0 Å². The van der Waals surface area contributed by atoms with Gasteiger partial charge in [-0.1, -0.05) is 13.8 Å². The molecule has 3 unspecified atom stereocenters. The Kier molecular flexibility index (Phi) is 6.28. The van der Waals surface area contributed by atoms with Crippen molar-refractivity contribution in [1.82, 2.24) is 0 Å². The van der Waals surface area contributed by atoms with Crippen molar-refractivity contribution in [2.24, 2.45) is 11.7 Å². The topological polar surface area (TPSA) is 53.7 Å². The number of nitrogens with two attached hydrogens (primary N) is 1. The Bertz CT molecular complexity index is 187. The Morgan fingerprint density at radius 1 is 1.19 bits per heavy atom. The van der Waals surface area contributed by atoms with Crippen molar-refractivity contribution < 1.29 is 14.2 Å². The monoisotopic (exact) mass is 231 g/mol. The first kappa shape index (κ1) is 13.9. The quantitative estimate of drug-likeness (QED) is 0.637. The van der Waals surface area contributed by atoms with Gasteiger partial charge in [-0.05, 0) is 18.8 Å². The summed E-state index contributed by atoms with van der Waals surface area (Å²) >= 11 is 0. The second-order valence-corrected chi connectivity index (χ2v) is 4.82. The van der Waals surface area contributed by atoms with Crippen LogP contribution in [0, 0.1) is 5.92 Å². The fraction of sp³-hybridized carbons (Fsp3) is 1.00. The van der Waals surface area contributed by atoms with Crippen LogP contribution in [0.25, 0.3) is 0 Å². The molecule has 0 saturated heterocycles. The van der Waals surface area contributed by atoms with Crippen molar-refractivity contribution in [3.8, 4) is 0 Å². The van der Waals surface area contributed by atoms with E-state index in [0.29, 0.717) is 19.1 Å². The molecule has 0 aromatic carbocycles. The fourth-order valence-corrected chi connectivity index (χ4v) is 1.73. The summed E-state index contributed by atoms with van der Waals surface area (Å²) in [6.07, 6.45) is 2.25. The predicted molar refractivity (Wildman–Crippen MR) is 63.4 cm³/mol. The zero-order valence-corrected chi connectivity index (χ0v) is 10.6. The summed E-state index contributed by atoms with van der Waals surface area (Å²) in [5.74, 6) is 0.682. The number of ether oxygens (including phenoxy) is 3. The lowest BCUT2D eigenvalue weighted by molar-refractivity contribution is -0.145. The predicted octanol–water partition coefficient (Wildman–Crippen LogP) is 1.18. The van der Waals surface area contributed by atoms with Crippen LogP contribution in [0.2, 0.25) is 0 Å². The second kappa shape index (κ2) is 7.22. The molecule has 0 aliphatic heterocycles. The molecule has 0 bridgehead atoms. The molecule has 96 valence electrons. The largest absolute Gasteiger partial charge is 0.382 e. The molecule has 4 heteroatoms. The van der Waals surface area contributed by atoms with Crippen LogP contribution in [0.4, 0.5) is 0 Å². The third-order valence-electron chi connectivity index (χ3n) is 2.92. The summed E-state index contributed by atoms with van der Waals surface area (Å²) in [6.45, 7) is 6.41. The lowest BCUT2D eigenvalue weighted by Crippen LogP contribution is -2.58. The molecule has 2 N–H and O–H groups in total. The minimum absolute atomic E-state index is 0.0577. The lowest BCUT2D eigenvalue weighted by atomic mass is 9.86. The molecule has 4 nitrogen and oxygen atoms in total. The summed E-state index contributed by atoms with van der Waals surface area (Å²) in [7, 11) is 1.67. The lowest BCUT2D eigenvalue weighted by Gasteiger charge is -2.41. The molecular formula is C12H25NO3. The first-order valence-electron chi connectivity index (χ1n) is 6.13. The molecule has 0 heterocycles.